The molecule has 4 fully saturated rings. The maximum atomic E-state index is 13.1. The van der Waals surface area contributed by atoms with Gasteiger partial charge in [-0.05, 0) is 88.6 Å². The molecule has 1 amide bonds. The lowest BCUT2D eigenvalue weighted by Gasteiger charge is -2.33. The van der Waals surface area contributed by atoms with Gasteiger partial charge < -0.3 is 10.2 Å². The Hall–Kier alpha value is -0.570. The summed E-state index contributed by atoms with van der Waals surface area (Å²) in [5.74, 6) is 5.02. The van der Waals surface area contributed by atoms with Gasteiger partial charge in [0.2, 0.25) is 5.91 Å². The molecule has 0 aromatic carbocycles. The average Bonchev–Trinajstić information content (AvgIpc) is 2.92. The molecule has 0 radical (unpaired) electrons. The maximum absolute atomic E-state index is 13.1. The van der Waals surface area contributed by atoms with Crippen molar-refractivity contribution in [2.75, 3.05) is 19.6 Å². The summed E-state index contributed by atoms with van der Waals surface area (Å²) < 4.78 is 0. The lowest BCUT2D eigenvalue weighted by atomic mass is 9.96. The van der Waals surface area contributed by atoms with Crippen LogP contribution in [0.4, 0.5) is 0 Å². The quantitative estimate of drug-likeness (QED) is 0.863. The Morgan fingerprint density at radius 2 is 1.71 bits per heavy atom. The summed E-state index contributed by atoms with van der Waals surface area (Å²) in [7, 11) is 0. The average molecular weight is 290 g/mol. The fourth-order valence-electron chi connectivity index (χ4n) is 5.74. The second kappa shape index (κ2) is 5.26. The highest BCUT2D eigenvalue weighted by atomic mass is 16.2. The van der Waals surface area contributed by atoms with Gasteiger partial charge in [-0.1, -0.05) is 0 Å². The number of carbonyl (C=O) groups excluding carboxylic acids is 1. The Bertz CT molecular complexity index is 399. The van der Waals surface area contributed by atoms with Gasteiger partial charge in [0, 0.05) is 18.5 Å². The number of nitrogens with zero attached hydrogens (tertiary/aromatic N) is 1. The van der Waals surface area contributed by atoms with E-state index in [0.717, 1.165) is 43.3 Å². The molecule has 2 bridgehead atoms. The molecule has 21 heavy (non-hydrogen) atoms. The predicted octanol–water partition coefficient (Wildman–Crippen LogP) is 2.52. The lowest BCUT2D eigenvalue weighted by Crippen LogP contribution is -2.44. The smallest absolute Gasteiger partial charge is 0.226 e. The topological polar surface area (TPSA) is 32.3 Å². The molecule has 0 aromatic rings. The van der Waals surface area contributed by atoms with Crippen LogP contribution in [-0.2, 0) is 4.79 Å². The Balaban J connectivity index is 1.41. The number of hydrogen-bond donors (Lipinski definition) is 1. The van der Waals surface area contributed by atoms with Crippen molar-refractivity contribution in [2.45, 2.75) is 52.0 Å². The van der Waals surface area contributed by atoms with Gasteiger partial charge in [-0.25, -0.2) is 0 Å². The van der Waals surface area contributed by atoms with E-state index in [2.05, 4.69) is 24.1 Å². The molecule has 4 rings (SSSR count). The molecule has 4 aliphatic rings. The fraction of sp³-hybridized carbons (Fsp3) is 0.944. The van der Waals surface area contributed by atoms with Gasteiger partial charge in [0.05, 0.1) is 0 Å². The van der Waals surface area contributed by atoms with Crippen molar-refractivity contribution in [3.63, 3.8) is 0 Å². The van der Waals surface area contributed by atoms with E-state index >= 15 is 0 Å². The molecule has 1 aliphatic heterocycles. The number of nitrogens with one attached hydrogen (secondary N) is 1. The molecule has 3 nitrogen and oxygen atoms in total. The second-order valence-electron chi connectivity index (χ2n) is 8.29. The van der Waals surface area contributed by atoms with Gasteiger partial charge in [0.1, 0.15) is 0 Å². The lowest BCUT2D eigenvalue weighted by molar-refractivity contribution is -0.136. The van der Waals surface area contributed by atoms with Gasteiger partial charge in [0.15, 0.2) is 0 Å². The summed E-state index contributed by atoms with van der Waals surface area (Å²) in [5.41, 5.74) is 0. The van der Waals surface area contributed by atoms with Crippen LogP contribution in [0.1, 0.15) is 46.0 Å². The van der Waals surface area contributed by atoms with Gasteiger partial charge in [0.25, 0.3) is 0 Å². The standard InChI is InChI=1S/C18H30N2O/c1-11(2)20(10-12-5-7-19-8-6-12)18(21)17-15-13-3-4-14(9-13)16(15)17/h11-17,19H,3-10H2,1-2H3. The molecular formula is C18H30N2O. The van der Waals surface area contributed by atoms with Crippen LogP contribution in [-0.4, -0.2) is 36.5 Å². The maximum Gasteiger partial charge on any atom is 0.226 e. The van der Waals surface area contributed by atoms with Crippen LogP contribution in [0.25, 0.3) is 0 Å². The van der Waals surface area contributed by atoms with Crippen LogP contribution in [0.15, 0.2) is 0 Å². The van der Waals surface area contributed by atoms with Gasteiger partial charge in [-0.15, -0.1) is 0 Å². The van der Waals surface area contributed by atoms with E-state index in [9.17, 15) is 4.79 Å². The van der Waals surface area contributed by atoms with Crippen molar-refractivity contribution in [1.29, 1.82) is 0 Å². The number of hydrogen-bond acceptors (Lipinski definition) is 2. The molecule has 3 aliphatic carbocycles. The largest absolute Gasteiger partial charge is 0.340 e. The molecule has 118 valence electrons. The van der Waals surface area contributed by atoms with Gasteiger partial charge >= 0.3 is 0 Å². The number of rotatable bonds is 4. The highest BCUT2D eigenvalue weighted by Crippen LogP contribution is 2.69. The number of piperidine rings is 1. The highest BCUT2D eigenvalue weighted by Gasteiger charge is 2.68. The Morgan fingerprint density at radius 1 is 1.10 bits per heavy atom. The Morgan fingerprint density at radius 3 is 2.29 bits per heavy atom. The van der Waals surface area contributed by atoms with Gasteiger partial charge in [-0.2, -0.15) is 0 Å². The van der Waals surface area contributed by atoms with E-state index in [-0.39, 0.29) is 0 Å². The zero-order chi connectivity index (χ0) is 14.6. The summed E-state index contributed by atoms with van der Waals surface area (Å²) >= 11 is 0. The zero-order valence-electron chi connectivity index (χ0n) is 13.6. The van der Waals surface area contributed by atoms with E-state index < -0.39 is 0 Å². The first-order valence-corrected chi connectivity index (χ1v) is 9.18. The summed E-state index contributed by atoms with van der Waals surface area (Å²) in [5, 5.41) is 3.43. The second-order valence-corrected chi connectivity index (χ2v) is 8.29. The van der Waals surface area contributed by atoms with Crippen LogP contribution < -0.4 is 5.32 Å². The first-order chi connectivity index (χ1) is 10.2. The van der Waals surface area contributed by atoms with Crippen molar-refractivity contribution in [1.82, 2.24) is 10.2 Å². The van der Waals surface area contributed by atoms with Crippen LogP contribution in [0, 0.1) is 35.5 Å². The summed E-state index contributed by atoms with van der Waals surface area (Å²) in [6.07, 6.45) is 6.73. The van der Waals surface area contributed by atoms with Crippen molar-refractivity contribution in [2.24, 2.45) is 35.5 Å². The van der Waals surface area contributed by atoms with Crippen LogP contribution in [0.3, 0.4) is 0 Å². The predicted molar refractivity (Wildman–Crippen MR) is 83.7 cm³/mol. The molecule has 1 saturated heterocycles. The summed E-state index contributed by atoms with van der Waals surface area (Å²) in [4.78, 5) is 15.3. The molecule has 3 saturated carbocycles. The molecule has 4 atom stereocenters. The summed E-state index contributed by atoms with van der Waals surface area (Å²) in [6, 6.07) is 0.367. The monoisotopic (exact) mass is 290 g/mol. The molecule has 1 heterocycles. The van der Waals surface area contributed by atoms with E-state index in [1.807, 2.05) is 0 Å². The van der Waals surface area contributed by atoms with E-state index in [0.29, 0.717) is 23.8 Å². The van der Waals surface area contributed by atoms with Crippen molar-refractivity contribution < 1.29 is 4.79 Å². The Labute approximate surface area is 128 Å². The number of carbonyl (C=O) groups is 1. The van der Waals surface area contributed by atoms with E-state index in [1.54, 1.807) is 0 Å². The third-order valence-corrected chi connectivity index (χ3v) is 6.84. The normalized spacial score (nSPS) is 41.4. The van der Waals surface area contributed by atoms with Gasteiger partial charge in [-0.3, -0.25) is 4.79 Å². The molecule has 0 aromatic heterocycles. The fourth-order valence-corrected chi connectivity index (χ4v) is 5.74. The highest BCUT2D eigenvalue weighted by molar-refractivity contribution is 5.83. The number of fused-ring (bicyclic) bond motifs is 5. The van der Waals surface area contributed by atoms with Crippen molar-refractivity contribution >= 4 is 5.91 Å². The molecule has 4 unspecified atom stereocenters. The first kappa shape index (κ1) is 14.0. The van der Waals surface area contributed by atoms with Crippen LogP contribution >= 0.6 is 0 Å². The number of amides is 1. The molecule has 3 heteroatoms. The zero-order valence-corrected chi connectivity index (χ0v) is 13.6. The van der Waals surface area contributed by atoms with Crippen molar-refractivity contribution in [3.8, 4) is 0 Å². The third-order valence-electron chi connectivity index (χ3n) is 6.84. The van der Waals surface area contributed by atoms with E-state index in [1.165, 1.54) is 32.1 Å². The Kier molecular flexibility index (Phi) is 3.52. The molecular weight excluding hydrogens is 260 g/mol. The van der Waals surface area contributed by atoms with Crippen LogP contribution in [0.2, 0.25) is 0 Å². The van der Waals surface area contributed by atoms with Crippen LogP contribution in [0.5, 0.6) is 0 Å². The molecule has 1 N–H and O–H groups in total. The summed E-state index contributed by atoms with van der Waals surface area (Å²) in [6.45, 7) is 7.66. The minimum atomic E-state index is 0.367. The minimum absolute atomic E-state index is 0.367. The van der Waals surface area contributed by atoms with E-state index in [4.69, 9.17) is 0 Å². The van der Waals surface area contributed by atoms with Crippen molar-refractivity contribution in [3.05, 3.63) is 0 Å². The molecule has 0 spiro atoms. The first-order valence-electron chi connectivity index (χ1n) is 9.18. The minimum Gasteiger partial charge on any atom is -0.340 e. The third kappa shape index (κ3) is 2.32. The SMILES string of the molecule is CC(C)N(CC1CCNCC1)C(=O)C1C2C3CCC(C3)C12.